The lowest BCUT2D eigenvalue weighted by molar-refractivity contribution is 0.155. The minimum atomic E-state index is 0.334. The summed E-state index contributed by atoms with van der Waals surface area (Å²) < 4.78 is 5.36. The van der Waals surface area contributed by atoms with Crippen molar-refractivity contribution in [3.05, 3.63) is 0 Å². The molecule has 1 aliphatic heterocycles. The van der Waals surface area contributed by atoms with E-state index in [0.29, 0.717) is 12.1 Å². The summed E-state index contributed by atoms with van der Waals surface area (Å²) in [5, 5.41) is 0. The normalized spacial score (nSPS) is 24.4. The summed E-state index contributed by atoms with van der Waals surface area (Å²) in [7, 11) is 2.16. The maximum atomic E-state index is 6.05. The second-order valence-corrected chi connectivity index (χ2v) is 4.36. The second kappa shape index (κ2) is 6.38. The van der Waals surface area contributed by atoms with Gasteiger partial charge in [0.15, 0.2) is 0 Å². The van der Waals surface area contributed by atoms with Crippen molar-refractivity contribution in [2.75, 3.05) is 26.8 Å². The van der Waals surface area contributed by atoms with E-state index in [2.05, 4.69) is 18.9 Å². The Bertz CT molecular complexity index is 146. The van der Waals surface area contributed by atoms with Crippen LogP contribution in [-0.2, 0) is 4.74 Å². The van der Waals surface area contributed by atoms with Crippen molar-refractivity contribution >= 4 is 0 Å². The van der Waals surface area contributed by atoms with Gasteiger partial charge in [0.25, 0.3) is 0 Å². The van der Waals surface area contributed by atoms with Crippen molar-refractivity contribution in [3.8, 4) is 0 Å². The zero-order valence-corrected chi connectivity index (χ0v) is 9.54. The number of hydrogen-bond acceptors (Lipinski definition) is 3. The molecule has 0 aliphatic carbocycles. The van der Waals surface area contributed by atoms with Crippen molar-refractivity contribution in [2.45, 2.75) is 44.7 Å². The van der Waals surface area contributed by atoms with Crippen LogP contribution < -0.4 is 5.73 Å². The summed E-state index contributed by atoms with van der Waals surface area (Å²) in [6.45, 7) is 5.02. The minimum Gasteiger partial charge on any atom is -0.380 e. The molecule has 0 spiro atoms. The summed E-state index contributed by atoms with van der Waals surface area (Å²) in [5.74, 6) is 0. The van der Waals surface area contributed by atoms with Crippen LogP contribution >= 0.6 is 0 Å². The highest BCUT2D eigenvalue weighted by Crippen LogP contribution is 2.11. The molecule has 0 aromatic carbocycles. The summed E-state index contributed by atoms with van der Waals surface area (Å²) in [5.41, 5.74) is 6.05. The number of hydrogen-bond donors (Lipinski definition) is 1. The number of nitrogens with zero attached hydrogens (tertiary/aromatic N) is 1. The van der Waals surface area contributed by atoms with Gasteiger partial charge >= 0.3 is 0 Å². The van der Waals surface area contributed by atoms with Crippen LogP contribution in [-0.4, -0.2) is 43.8 Å². The van der Waals surface area contributed by atoms with Gasteiger partial charge in [-0.3, -0.25) is 4.90 Å². The Kier molecular flexibility index (Phi) is 5.45. The molecule has 84 valence electrons. The highest BCUT2D eigenvalue weighted by atomic mass is 16.5. The maximum Gasteiger partial charge on any atom is 0.0622 e. The van der Waals surface area contributed by atoms with Gasteiger partial charge in [-0.2, -0.15) is 0 Å². The van der Waals surface area contributed by atoms with E-state index >= 15 is 0 Å². The van der Waals surface area contributed by atoms with Crippen molar-refractivity contribution in [1.29, 1.82) is 0 Å². The Morgan fingerprint density at radius 1 is 1.57 bits per heavy atom. The van der Waals surface area contributed by atoms with Gasteiger partial charge in [0.1, 0.15) is 0 Å². The van der Waals surface area contributed by atoms with Gasteiger partial charge in [-0.1, -0.05) is 19.8 Å². The first-order valence-electron chi connectivity index (χ1n) is 5.77. The van der Waals surface area contributed by atoms with Gasteiger partial charge in [0.05, 0.1) is 6.61 Å². The Hall–Kier alpha value is -0.120. The number of ether oxygens (including phenoxy) is 1. The molecular formula is C11H24N2O. The fourth-order valence-electron chi connectivity index (χ4n) is 1.95. The highest BCUT2D eigenvalue weighted by Gasteiger charge is 2.21. The minimum absolute atomic E-state index is 0.334. The molecule has 0 radical (unpaired) electrons. The third kappa shape index (κ3) is 3.95. The van der Waals surface area contributed by atoms with E-state index in [1.165, 1.54) is 12.8 Å². The molecule has 0 saturated carbocycles. The van der Waals surface area contributed by atoms with Crippen LogP contribution in [0, 0.1) is 0 Å². The van der Waals surface area contributed by atoms with Gasteiger partial charge in [-0.15, -0.1) is 0 Å². The van der Waals surface area contributed by atoms with Gasteiger partial charge in [0, 0.05) is 25.2 Å². The Labute approximate surface area is 87.6 Å². The fraction of sp³-hybridized carbons (Fsp3) is 1.00. The van der Waals surface area contributed by atoms with E-state index in [0.717, 1.165) is 32.6 Å². The van der Waals surface area contributed by atoms with E-state index in [1.54, 1.807) is 0 Å². The first-order chi connectivity index (χ1) is 6.74. The molecular weight excluding hydrogens is 176 g/mol. The lowest BCUT2D eigenvalue weighted by Gasteiger charge is -2.25. The van der Waals surface area contributed by atoms with Crippen molar-refractivity contribution in [3.63, 3.8) is 0 Å². The molecule has 2 atom stereocenters. The SMILES string of the molecule is CCCCC(N)CN(C)C1CCOC1. The number of rotatable bonds is 6. The van der Waals surface area contributed by atoms with E-state index in [1.807, 2.05) is 0 Å². The molecule has 1 rings (SSSR count). The molecule has 3 heteroatoms. The molecule has 14 heavy (non-hydrogen) atoms. The monoisotopic (exact) mass is 200 g/mol. The Balaban J connectivity index is 2.14. The number of nitrogens with two attached hydrogens (primary N) is 1. The van der Waals surface area contributed by atoms with Crippen LogP contribution in [0.25, 0.3) is 0 Å². The molecule has 1 heterocycles. The third-order valence-corrected chi connectivity index (χ3v) is 2.98. The highest BCUT2D eigenvalue weighted by molar-refractivity contribution is 4.76. The molecule has 2 unspecified atom stereocenters. The van der Waals surface area contributed by atoms with Gasteiger partial charge in [0.2, 0.25) is 0 Å². The van der Waals surface area contributed by atoms with Crippen molar-refractivity contribution in [1.82, 2.24) is 4.90 Å². The van der Waals surface area contributed by atoms with Crippen LogP contribution in [0.3, 0.4) is 0 Å². The molecule has 2 N–H and O–H groups in total. The zero-order valence-electron chi connectivity index (χ0n) is 9.54. The van der Waals surface area contributed by atoms with Gasteiger partial charge in [-0.25, -0.2) is 0 Å². The van der Waals surface area contributed by atoms with E-state index < -0.39 is 0 Å². The quantitative estimate of drug-likeness (QED) is 0.701. The largest absolute Gasteiger partial charge is 0.380 e. The standard InChI is InChI=1S/C11H24N2O/c1-3-4-5-10(12)8-13(2)11-6-7-14-9-11/h10-11H,3-9,12H2,1-2H3. The lowest BCUT2D eigenvalue weighted by atomic mass is 10.1. The summed E-state index contributed by atoms with van der Waals surface area (Å²) in [4.78, 5) is 2.35. The molecule has 0 bridgehead atoms. The second-order valence-electron chi connectivity index (χ2n) is 4.36. The van der Waals surface area contributed by atoms with Crippen LogP contribution in [0.1, 0.15) is 32.6 Å². The van der Waals surface area contributed by atoms with E-state index in [4.69, 9.17) is 10.5 Å². The lowest BCUT2D eigenvalue weighted by Crippen LogP contribution is -2.41. The van der Waals surface area contributed by atoms with Crippen LogP contribution in [0.15, 0.2) is 0 Å². The van der Waals surface area contributed by atoms with Crippen LogP contribution in [0.5, 0.6) is 0 Å². The third-order valence-electron chi connectivity index (χ3n) is 2.98. The molecule has 0 amide bonds. The predicted molar refractivity (Wildman–Crippen MR) is 59.4 cm³/mol. The average molecular weight is 200 g/mol. The fourth-order valence-corrected chi connectivity index (χ4v) is 1.95. The van der Waals surface area contributed by atoms with Gasteiger partial charge in [-0.05, 0) is 19.9 Å². The van der Waals surface area contributed by atoms with Gasteiger partial charge < -0.3 is 10.5 Å². The first-order valence-corrected chi connectivity index (χ1v) is 5.77. The van der Waals surface area contributed by atoms with Crippen LogP contribution in [0.4, 0.5) is 0 Å². The predicted octanol–water partition coefficient (Wildman–Crippen LogP) is 1.22. The number of likely N-dealkylation sites (N-methyl/N-ethyl adjacent to an activating group) is 1. The van der Waals surface area contributed by atoms with Crippen molar-refractivity contribution in [2.24, 2.45) is 5.73 Å². The summed E-state index contributed by atoms with van der Waals surface area (Å²) >= 11 is 0. The molecule has 3 nitrogen and oxygen atoms in total. The Morgan fingerprint density at radius 2 is 2.36 bits per heavy atom. The zero-order chi connectivity index (χ0) is 10.4. The van der Waals surface area contributed by atoms with E-state index in [-0.39, 0.29) is 0 Å². The topological polar surface area (TPSA) is 38.5 Å². The molecule has 0 aromatic heterocycles. The summed E-state index contributed by atoms with van der Waals surface area (Å²) in [6, 6.07) is 0.934. The average Bonchev–Trinajstić information content (AvgIpc) is 2.67. The molecule has 0 aromatic rings. The molecule has 1 saturated heterocycles. The maximum absolute atomic E-state index is 6.05. The smallest absolute Gasteiger partial charge is 0.0622 e. The summed E-state index contributed by atoms with van der Waals surface area (Å²) in [6.07, 6.45) is 4.80. The molecule has 1 fully saturated rings. The van der Waals surface area contributed by atoms with Crippen molar-refractivity contribution < 1.29 is 4.74 Å². The number of unbranched alkanes of at least 4 members (excludes halogenated alkanes) is 1. The van der Waals surface area contributed by atoms with Crippen LogP contribution in [0.2, 0.25) is 0 Å². The molecule has 1 aliphatic rings. The Morgan fingerprint density at radius 3 is 2.93 bits per heavy atom. The first kappa shape index (κ1) is 12.0. The van der Waals surface area contributed by atoms with E-state index in [9.17, 15) is 0 Å².